The highest BCUT2D eigenvalue weighted by molar-refractivity contribution is 7.90. The summed E-state index contributed by atoms with van der Waals surface area (Å²) in [5, 5.41) is 0.429. The minimum Gasteiger partial charge on any atom is -0.609 e. The van der Waals surface area contributed by atoms with E-state index in [9.17, 15) is 4.55 Å². The number of fused-ring (bicyclic) bond motifs is 1. The Labute approximate surface area is 136 Å². The molecule has 0 fully saturated rings. The highest BCUT2D eigenvalue weighted by Crippen LogP contribution is 2.22. The highest BCUT2D eigenvalue weighted by Gasteiger charge is 2.18. The van der Waals surface area contributed by atoms with E-state index in [0.717, 1.165) is 16.9 Å². The second kappa shape index (κ2) is 6.43. The van der Waals surface area contributed by atoms with Gasteiger partial charge in [-0.2, -0.15) is 4.98 Å². The SMILES string of the molecule is COc1ccc2[nH]c([S+]([O-])Cc3cc(N(C)C)ncn3)nc2c1. The van der Waals surface area contributed by atoms with Gasteiger partial charge in [0.25, 0.3) is 0 Å². The highest BCUT2D eigenvalue weighted by atomic mass is 32.2. The normalized spacial score (nSPS) is 12.3. The Morgan fingerprint density at radius 2 is 2.09 bits per heavy atom. The van der Waals surface area contributed by atoms with Crippen LogP contribution in [0, 0.1) is 0 Å². The molecule has 8 heteroatoms. The summed E-state index contributed by atoms with van der Waals surface area (Å²) < 4.78 is 17.7. The molecule has 0 aliphatic rings. The van der Waals surface area contributed by atoms with Crippen LogP contribution >= 0.6 is 0 Å². The summed E-state index contributed by atoms with van der Waals surface area (Å²) in [6.07, 6.45) is 1.48. The van der Waals surface area contributed by atoms with Crippen LogP contribution in [0.5, 0.6) is 5.75 Å². The molecule has 120 valence electrons. The molecule has 0 aliphatic heterocycles. The Balaban J connectivity index is 1.82. The lowest BCUT2D eigenvalue weighted by Gasteiger charge is -2.12. The third kappa shape index (κ3) is 3.38. The lowest BCUT2D eigenvalue weighted by atomic mass is 10.3. The van der Waals surface area contributed by atoms with Gasteiger partial charge in [0.2, 0.25) is 0 Å². The van der Waals surface area contributed by atoms with Gasteiger partial charge < -0.3 is 14.2 Å². The number of rotatable bonds is 5. The van der Waals surface area contributed by atoms with Gasteiger partial charge in [-0.15, -0.1) is 0 Å². The summed E-state index contributed by atoms with van der Waals surface area (Å²) >= 11 is -1.31. The lowest BCUT2D eigenvalue weighted by Crippen LogP contribution is -2.13. The summed E-state index contributed by atoms with van der Waals surface area (Å²) in [5.74, 6) is 1.77. The van der Waals surface area contributed by atoms with Crippen LogP contribution in [0.2, 0.25) is 0 Å². The Hall–Kier alpha value is -2.32. The van der Waals surface area contributed by atoms with Gasteiger partial charge >= 0.3 is 5.16 Å². The van der Waals surface area contributed by atoms with E-state index >= 15 is 0 Å². The molecule has 0 amide bonds. The first-order valence-electron chi connectivity index (χ1n) is 6.97. The number of aromatic nitrogens is 4. The van der Waals surface area contributed by atoms with Gasteiger partial charge in [0, 0.05) is 37.4 Å². The first kappa shape index (κ1) is 15.6. The standard InChI is InChI=1S/C15H17N5O2S/c1-20(2)14-6-10(16-9-17-14)8-23(21)15-18-12-5-4-11(22-3)7-13(12)19-15/h4-7,9H,8H2,1-3H3,(H,18,19). The molecule has 23 heavy (non-hydrogen) atoms. The first-order chi connectivity index (χ1) is 11.1. The maximum absolute atomic E-state index is 12.5. The summed E-state index contributed by atoms with van der Waals surface area (Å²) in [6.45, 7) is 0. The van der Waals surface area contributed by atoms with Gasteiger partial charge in [-0.05, 0) is 12.1 Å². The Morgan fingerprint density at radius 3 is 2.83 bits per heavy atom. The fourth-order valence-corrected chi connectivity index (χ4v) is 3.10. The Bertz CT molecular complexity index is 820. The van der Waals surface area contributed by atoms with Crippen LogP contribution in [-0.4, -0.2) is 45.7 Å². The molecule has 0 bridgehead atoms. The molecule has 3 aromatic rings. The van der Waals surface area contributed by atoms with E-state index in [0.29, 0.717) is 16.6 Å². The molecule has 2 aromatic heterocycles. The van der Waals surface area contributed by atoms with Crippen molar-refractivity contribution in [3.8, 4) is 5.75 Å². The second-order valence-electron chi connectivity index (χ2n) is 5.18. The van der Waals surface area contributed by atoms with Gasteiger partial charge in [0.1, 0.15) is 17.9 Å². The zero-order chi connectivity index (χ0) is 16.4. The number of nitrogens with one attached hydrogen (secondary N) is 1. The van der Waals surface area contributed by atoms with Crippen molar-refractivity contribution in [3.05, 3.63) is 36.3 Å². The number of imidazole rings is 1. The van der Waals surface area contributed by atoms with Gasteiger partial charge in [-0.25, -0.2) is 9.97 Å². The number of anilines is 1. The van der Waals surface area contributed by atoms with E-state index in [1.807, 2.05) is 37.2 Å². The van der Waals surface area contributed by atoms with Crippen LogP contribution in [0.25, 0.3) is 11.0 Å². The average molecular weight is 331 g/mol. The molecule has 0 saturated carbocycles. The molecular weight excluding hydrogens is 314 g/mol. The zero-order valence-electron chi connectivity index (χ0n) is 13.1. The molecule has 0 aliphatic carbocycles. The second-order valence-corrected chi connectivity index (χ2v) is 6.54. The zero-order valence-corrected chi connectivity index (χ0v) is 13.9. The quantitative estimate of drug-likeness (QED) is 0.716. The largest absolute Gasteiger partial charge is 0.609 e. The number of ether oxygens (including phenoxy) is 1. The van der Waals surface area contributed by atoms with Crippen LogP contribution in [0.4, 0.5) is 5.82 Å². The maximum atomic E-state index is 12.5. The van der Waals surface area contributed by atoms with Crippen molar-refractivity contribution in [1.29, 1.82) is 0 Å². The molecule has 3 rings (SSSR count). The van der Waals surface area contributed by atoms with Crippen molar-refractivity contribution >= 4 is 28.0 Å². The number of nitrogens with zero attached hydrogens (tertiary/aromatic N) is 4. The molecule has 0 radical (unpaired) electrons. The van der Waals surface area contributed by atoms with E-state index in [-0.39, 0.29) is 5.75 Å². The molecule has 0 saturated heterocycles. The van der Waals surface area contributed by atoms with Gasteiger partial charge in [0.15, 0.2) is 5.75 Å². The summed E-state index contributed by atoms with van der Waals surface area (Å²) in [6, 6.07) is 7.32. The number of aromatic amines is 1. The van der Waals surface area contributed by atoms with E-state index in [1.54, 1.807) is 13.2 Å². The molecule has 7 nitrogen and oxygen atoms in total. The fourth-order valence-electron chi connectivity index (χ4n) is 2.11. The molecular formula is C15H17N5O2S. The van der Waals surface area contributed by atoms with Crippen LogP contribution in [0.3, 0.4) is 0 Å². The summed E-state index contributed by atoms with van der Waals surface area (Å²) in [5.41, 5.74) is 2.26. The fraction of sp³-hybridized carbons (Fsp3) is 0.267. The molecule has 1 N–H and O–H groups in total. The smallest absolute Gasteiger partial charge is 0.322 e. The predicted molar refractivity (Wildman–Crippen MR) is 89.1 cm³/mol. The number of methoxy groups -OCH3 is 1. The van der Waals surface area contributed by atoms with Crippen molar-refractivity contribution in [1.82, 2.24) is 19.9 Å². The molecule has 1 atom stereocenters. The summed E-state index contributed by atoms with van der Waals surface area (Å²) in [7, 11) is 5.40. The van der Waals surface area contributed by atoms with Crippen molar-refractivity contribution in [2.75, 3.05) is 26.1 Å². The van der Waals surface area contributed by atoms with Gasteiger partial charge in [0.05, 0.1) is 23.8 Å². The minimum atomic E-state index is -1.31. The Morgan fingerprint density at radius 1 is 1.26 bits per heavy atom. The monoisotopic (exact) mass is 331 g/mol. The van der Waals surface area contributed by atoms with Crippen molar-refractivity contribution < 1.29 is 9.29 Å². The molecule has 1 aromatic carbocycles. The van der Waals surface area contributed by atoms with E-state index in [4.69, 9.17) is 4.74 Å². The van der Waals surface area contributed by atoms with Crippen molar-refractivity contribution in [2.24, 2.45) is 0 Å². The minimum absolute atomic E-state index is 0.278. The number of hydrogen-bond acceptors (Lipinski definition) is 6. The van der Waals surface area contributed by atoms with Gasteiger partial charge in [-0.3, -0.25) is 4.98 Å². The third-order valence-electron chi connectivity index (χ3n) is 3.33. The van der Waals surface area contributed by atoms with Crippen LogP contribution in [0.1, 0.15) is 5.69 Å². The van der Waals surface area contributed by atoms with Crippen molar-refractivity contribution in [3.63, 3.8) is 0 Å². The van der Waals surface area contributed by atoms with Crippen molar-refractivity contribution in [2.45, 2.75) is 10.9 Å². The van der Waals surface area contributed by atoms with Gasteiger partial charge in [-0.1, -0.05) is 0 Å². The first-order valence-corrected chi connectivity index (χ1v) is 8.29. The number of H-pyrrole nitrogens is 1. The van der Waals surface area contributed by atoms with E-state index in [2.05, 4.69) is 19.9 Å². The Kier molecular flexibility index (Phi) is 4.35. The van der Waals surface area contributed by atoms with E-state index < -0.39 is 11.2 Å². The molecule has 1 unspecified atom stereocenters. The number of hydrogen-bond donors (Lipinski definition) is 1. The maximum Gasteiger partial charge on any atom is 0.322 e. The average Bonchev–Trinajstić information content (AvgIpc) is 2.98. The lowest BCUT2D eigenvalue weighted by molar-refractivity contribution is 0.415. The third-order valence-corrected chi connectivity index (χ3v) is 4.51. The number of benzene rings is 1. The predicted octanol–water partition coefficient (Wildman–Crippen LogP) is 1.74. The van der Waals surface area contributed by atoms with Crippen LogP contribution in [0.15, 0.2) is 35.7 Å². The topological polar surface area (TPSA) is 90.0 Å². The van der Waals surface area contributed by atoms with E-state index in [1.165, 1.54) is 6.33 Å². The molecule has 0 spiro atoms. The molecule has 2 heterocycles. The summed E-state index contributed by atoms with van der Waals surface area (Å²) in [4.78, 5) is 17.7. The van der Waals surface area contributed by atoms with Crippen LogP contribution < -0.4 is 9.64 Å². The van der Waals surface area contributed by atoms with Crippen LogP contribution in [-0.2, 0) is 16.9 Å².